The first-order valence-electron chi connectivity index (χ1n) is 5.66. The van der Waals surface area contributed by atoms with Crippen molar-refractivity contribution in [3.05, 3.63) is 23.4 Å². The Kier molecular flexibility index (Phi) is 5.38. The number of pyridine rings is 1. The van der Waals surface area contributed by atoms with Crippen molar-refractivity contribution in [2.24, 2.45) is 17.6 Å². The van der Waals surface area contributed by atoms with Gasteiger partial charge >= 0.3 is 0 Å². The van der Waals surface area contributed by atoms with Crippen LogP contribution in [0.25, 0.3) is 0 Å². The maximum atomic E-state index is 11.9. The monoisotopic (exact) mass is 255 g/mol. The molecule has 3 N–H and O–H groups in total. The summed E-state index contributed by atoms with van der Waals surface area (Å²) in [5, 5.41) is 3.14. The van der Waals surface area contributed by atoms with E-state index in [4.69, 9.17) is 17.3 Å². The molecule has 17 heavy (non-hydrogen) atoms. The highest BCUT2D eigenvalue weighted by atomic mass is 35.5. The predicted octanol–water partition coefficient (Wildman–Crippen LogP) is 2.29. The highest BCUT2D eigenvalue weighted by Crippen LogP contribution is 2.19. The number of carbonyl (C=O) groups excluding carboxylic acids is 1. The zero-order chi connectivity index (χ0) is 12.8. The largest absolute Gasteiger partial charge is 0.330 e. The van der Waals surface area contributed by atoms with E-state index in [0.717, 1.165) is 6.42 Å². The molecule has 0 aliphatic carbocycles. The van der Waals surface area contributed by atoms with Crippen LogP contribution < -0.4 is 11.1 Å². The molecule has 0 spiro atoms. The fourth-order valence-corrected chi connectivity index (χ4v) is 1.74. The first-order chi connectivity index (χ1) is 8.04. The number of hydrogen-bond acceptors (Lipinski definition) is 3. The van der Waals surface area contributed by atoms with E-state index < -0.39 is 0 Å². The van der Waals surface area contributed by atoms with E-state index in [1.807, 2.05) is 0 Å². The molecule has 1 unspecified atom stereocenters. The van der Waals surface area contributed by atoms with E-state index >= 15 is 0 Å². The lowest BCUT2D eigenvalue weighted by Crippen LogP contribution is -2.30. The van der Waals surface area contributed by atoms with Crippen molar-refractivity contribution in [1.29, 1.82) is 0 Å². The van der Waals surface area contributed by atoms with E-state index in [9.17, 15) is 4.79 Å². The molecule has 0 aromatic carbocycles. The van der Waals surface area contributed by atoms with Gasteiger partial charge in [0.1, 0.15) is 0 Å². The molecule has 0 saturated carbocycles. The van der Waals surface area contributed by atoms with Gasteiger partial charge in [0, 0.05) is 12.7 Å². The average molecular weight is 256 g/mol. The molecule has 1 atom stereocenters. The van der Waals surface area contributed by atoms with Crippen LogP contribution in [0.15, 0.2) is 18.3 Å². The van der Waals surface area contributed by atoms with Gasteiger partial charge in [-0.1, -0.05) is 25.4 Å². The van der Waals surface area contributed by atoms with E-state index in [1.54, 1.807) is 18.3 Å². The highest BCUT2D eigenvalue weighted by molar-refractivity contribution is 6.33. The first-order valence-corrected chi connectivity index (χ1v) is 6.03. The minimum atomic E-state index is -0.201. The van der Waals surface area contributed by atoms with Gasteiger partial charge in [-0.05, 0) is 24.5 Å². The minimum absolute atomic E-state index is 0.123. The summed E-state index contributed by atoms with van der Waals surface area (Å²) in [7, 11) is 0. The number of amides is 1. The Balaban J connectivity index is 2.67. The van der Waals surface area contributed by atoms with Crippen LogP contribution in [0.1, 0.15) is 20.3 Å². The van der Waals surface area contributed by atoms with Crippen molar-refractivity contribution in [2.75, 3.05) is 11.9 Å². The molecule has 0 radical (unpaired) electrons. The van der Waals surface area contributed by atoms with Crippen LogP contribution in [0.5, 0.6) is 0 Å². The van der Waals surface area contributed by atoms with Gasteiger partial charge in [-0.2, -0.15) is 0 Å². The third-order valence-corrected chi connectivity index (χ3v) is 2.72. The van der Waals surface area contributed by atoms with Gasteiger partial charge in [-0.25, -0.2) is 4.98 Å². The summed E-state index contributed by atoms with van der Waals surface area (Å²) in [6, 6.07) is 3.40. The average Bonchev–Trinajstić information content (AvgIpc) is 2.28. The number of rotatable bonds is 5. The van der Waals surface area contributed by atoms with Crippen molar-refractivity contribution in [2.45, 2.75) is 20.3 Å². The standard InChI is InChI=1S/C12H18ClN3O/c1-8(2)6-9(7-14)12(17)16-11-10(13)4-3-5-15-11/h3-5,8-9H,6-7,14H2,1-2H3,(H,15,16,17). The molecule has 94 valence electrons. The predicted molar refractivity (Wildman–Crippen MR) is 69.9 cm³/mol. The zero-order valence-corrected chi connectivity index (χ0v) is 10.9. The molecule has 1 aromatic heterocycles. The molecule has 1 rings (SSSR count). The van der Waals surface area contributed by atoms with Crippen LogP contribution >= 0.6 is 11.6 Å². The van der Waals surface area contributed by atoms with Crippen molar-refractivity contribution < 1.29 is 4.79 Å². The Morgan fingerprint density at radius 2 is 2.29 bits per heavy atom. The van der Waals surface area contributed by atoms with Crippen molar-refractivity contribution in [3.8, 4) is 0 Å². The van der Waals surface area contributed by atoms with Gasteiger partial charge in [0.25, 0.3) is 0 Å². The lowest BCUT2D eigenvalue weighted by atomic mass is 9.96. The molecular formula is C12H18ClN3O. The van der Waals surface area contributed by atoms with Crippen molar-refractivity contribution in [1.82, 2.24) is 4.98 Å². The number of anilines is 1. The Morgan fingerprint density at radius 3 is 2.82 bits per heavy atom. The van der Waals surface area contributed by atoms with Crippen molar-refractivity contribution >= 4 is 23.3 Å². The maximum absolute atomic E-state index is 11.9. The van der Waals surface area contributed by atoms with E-state index in [2.05, 4.69) is 24.1 Å². The minimum Gasteiger partial charge on any atom is -0.330 e. The van der Waals surface area contributed by atoms with Gasteiger partial charge in [0.15, 0.2) is 5.82 Å². The maximum Gasteiger partial charge on any atom is 0.229 e. The normalized spacial score (nSPS) is 12.5. The van der Waals surface area contributed by atoms with E-state index in [1.165, 1.54) is 0 Å². The van der Waals surface area contributed by atoms with Gasteiger partial charge in [0.2, 0.25) is 5.91 Å². The molecule has 1 aromatic rings. The summed E-state index contributed by atoms with van der Waals surface area (Å²) in [6.07, 6.45) is 2.34. The molecule has 0 saturated heterocycles. The molecule has 0 aliphatic heterocycles. The summed E-state index contributed by atoms with van der Waals surface area (Å²) in [4.78, 5) is 16.0. The first kappa shape index (κ1) is 13.9. The molecular weight excluding hydrogens is 238 g/mol. The summed E-state index contributed by atoms with van der Waals surface area (Å²) in [5.41, 5.74) is 5.60. The molecule has 0 fully saturated rings. The molecule has 0 aliphatic rings. The van der Waals surface area contributed by atoms with Crippen LogP contribution in [0.2, 0.25) is 5.02 Å². The van der Waals surface area contributed by atoms with Gasteiger partial charge < -0.3 is 11.1 Å². The second-order valence-corrected chi connectivity index (χ2v) is 4.79. The second-order valence-electron chi connectivity index (χ2n) is 4.39. The number of carbonyl (C=O) groups is 1. The van der Waals surface area contributed by atoms with E-state index in [0.29, 0.717) is 23.3 Å². The van der Waals surface area contributed by atoms with Crippen LogP contribution in [0, 0.1) is 11.8 Å². The lowest BCUT2D eigenvalue weighted by Gasteiger charge is -2.16. The Morgan fingerprint density at radius 1 is 1.59 bits per heavy atom. The molecule has 4 nitrogen and oxygen atoms in total. The van der Waals surface area contributed by atoms with Gasteiger partial charge in [0.05, 0.1) is 10.9 Å². The topological polar surface area (TPSA) is 68.0 Å². The summed E-state index contributed by atoms with van der Waals surface area (Å²) in [6.45, 7) is 4.45. The molecule has 1 amide bonds. The molecule has 5 heteroatoms. The smallest absolute Gasteiger partial charge is 0.229 e. The van der Waals surface area contributed by atoms with Gasteiger partial charge in [-0.3, -0.25) is 4.79 Å². The SMILES string of the molecule is CC(C)CC(CN)C(=O)Nc1ncccc1Cl. The molecule has 0 bridgehead atoms. The fraction of sp³-hybridized carbons (Fsp3) is 0.500. The number of nitrogens with one attached hydrogen (secondary N) is 1. The number of halogens is 1. The number of nitrogens with zero attached hydrogens (tertiary/aromatic N) is 1. The molecule has 1 heterocycles. The third kappa shape index (κ3) is 4.32. The quantitative estimate of drug-likeness (QED) is 0.848. The zero-order valence-electron chi connectivity index (χ0n) is 10.1. The number of nitrogens with two attached hydrogens (primary N) is 1. The Labute approximate surface area is 107 Å². The lowest BCUT2D eigenvalue weighted by molar-refractivity contribution is -0.120. The van der Waals surface area contributed by atoms with Crippen LogP contribution in [-0.2, 0) is 4.79 Å². The second kappa shape index (κ2) is 6.57. The summed E-state index contributed by atoms with van der Waals surface area (Å²) >= 11 is 5.91. The number of hydrogen-bond donors (Lipinski definition) is 2. The van der Waals surface area contributed by atoms with Crippen molar-refractivity contribution in [3.63, 3.8) is 0 Å². The summed E-state index contributed by atoms with van der Waals surface area (Å²) < 4.78 is 0. The Hall–Kier alpha value is -1.13. The van der Waals surface area contributed by atoms with Gasteiger partial charge in [-0.15, -0.1) is 0 Å². The fourth-order valence-electron chi connectivity index (χ4n) is 1.58. The number of aromatic nitrogens is 1. The van der Waals surface area contributed by atoms with Crippen LogP contribution in [0.3, 0.4) is 0 Å². The van der Waals surface area contributed by atoms with Crippen LogP contribution in [-0.4, -0.2) is 17.4 Å². The highest BCUT2D eigenvalue weighted by Gasteiger charge is 2.19. The van der Waals surface area contributed by atoms with Crippen LogP contribution in [0.4, 0.5) is 5.82 Å². The Bertz CT molecular complexity index is 382. The summed E-state index contributed by atoms with van der Waals surface area (Å²) in [5.74, 6) is 0.491. The van der Waals surface area contributed by atoms with E-state index in [-0.39, 0.29) is 11.8 Å². The third-order valence-electron chi connectivity index (χ3n) is 2.41.